The van der Waals surface area contributed by atoms with Crippen molar-refractivity contribution in [3.8, 4) is 5.88 Å². The Morgan fingerprint density at radius 3 is 2.39 bits per heavy atom. The summed E-state index contributed by atoms with van der Waals surface area (Å²) in [5.74, 6) is -0.947. The molecular weight excluding hydrogens is 420 g/mol. The zero-order chi connectivity index (χ0) is 22.9. The number of aliphatic hydroxyl groups is 1. The number of amides is 2. The monoisotopic (exact) mass is 440 g/mol. The quantitative estimate of drug-likeness (QED) is 0.448. The summed E-state index contributed by atoms with van der Waals surface area (Å²) < 4.78 is 1.60. The van der Waals surface area contributed by atoms with Gasteiger partial charge in [-0.05, 0) is 24.3 Å². The molecule has 8 heteroatoms. The van der Waals surface area contributed by atoms with Gasteiger partial charge < -0.3 is 19.7 Å². The Balaban J connectivity index is 1.43. The molecule has 0 radical (unpaired) electrons. The Morgan fingerprint density at radius 2 is 1.61 bits per heavy atom. The van der Waals surface area contributed by atoms with Crippen LogP contribution >= 0.6 is 0 Å². The minimum Gasteiger partial charge on any atom is -0.493 e. The van der Waals surface area contributed by atoms with Gasteiger partial charge in [0.2, 0.25) is 5.88 Å². The van der Waals surface area contributed by atoms with E-state index in [1.165, 1.54) is 4.90 Å². The van der Waals surface area contributed by atoms with Gasteiger partial charge in [-0.3, -0.25) is 9.59 Å². The number of para-hydroxylation sites is 1. The third-order valence-corrected chi connectivity index (χ3v) is 5.77. The van der Waals surface area contributed by atoms with Crippen LogP contribution in [0.2, 0.25) is 0 Å². The summed E-state index contributed by atoms with van der Waals surface area (Å²) in [7, 11) is 0. The average Bonchev–Trinajstić information content (AvgIpc) is 3.26. The molecule has 0 saturated carbocycles. The van der Waals surface area contributed by atoms with E-state index in [-0.39, 0.29) is 30.6 Å². The van der Waals surface area contributed by atoms with Crippen molar-refractivity contribution in [3.63, 3.8) is 0 Å². The number of benzene rings is 3. The second-order valence-corrected chi connectivity index (χ2v) is 7.67. The average molecular weight is 440 g/mol. The highest BCUT2D eigenvalue weighted by molar-refractivity contribution is 5.99. The SMILES string of the molecule is O=C(N=Nc1c(O)n(CCN2C(=O)c3ccccc3C2O)c2ccccc12)c1ccccc1. The molecule has 33 heavy (non-hydrogen) atoms. The molecule has 4 aromatic rings. The summed E-state index contributed by atoms with van der Waals surface area (Å²) in [5.41, 5.74) is 2.28. The number of fused-ring (bicyclic) bond motifs is 2. The van der Waals surface area contributed by atoms with Crippen LogP contribution in [0.15, 0.2) is 89.1 Å². The Bertz CT molecular complexity index is 1390. The molecular formula is C25H20N4O4. The standard InChI is InChI=1S/C25H20N4O4/c30-22(16-8-2-1-3-9-16)27-26-21-19-12-6-7-13-20(19)28(25(21)33)14-15-29-23(31)17-10-4-5-11-18(17)24(29)32/h1-13,23,31,33H,14-15H2. The molecule has 0 spiro atoms. The molecule has 8 nitrogen and oxygen atoms in total. The lowest BCUT2D eigenvalue weighted by atomic mass is 10.1. The first-order chi connectivity index (χ1) is 16.1. The van der Waals surface area contributed by atoms with Gasteiger partial charge in [-0.15, -0.1) is 10.2 Å². The van der Waals surface area contributed by atoms with E-state index >= 15 is 0 Å². The van der Waals surface area contributed by atoms with Gasteiger partial charge >= 0.3 is 0 Å². The highest BCUT2D eigenvalue weighted by Crippen LogP contribution is 2.39. The largest absolute Gasteiger partial charge is 0.493 e. The van der Waals surface area contributed by atoms with Crippen molar-refractivity contribution in [1.29, 1.82) is 0 Å². The molecule has 1 aliphatic rings. The van der Waals surface area contributed by atoms with Crippen LogP contribution in [0.3, 0.4) is 0 Å². The summed E-state index contributed by atoms with van der Waals surface area (Å²) in [4.78, 5) is 26.4. The van der Waals surface area contributed by atoms with Crippen LogP contribution in [0.5, 0.6) is 5.88 Å². The summed E-state index contributed by atoms with van der Waals surface area (Å²) in [6, 6.07) is 22.7. The van der Waals surface area contributed by atoms with Crippen molar-refractivity contribution < 1.29 is 19.8 Å². The number of rotatable bonds is 5. The molecule has 164 valence electrons. The fourth-order valence-corrected chi connectivity index (χ4v) is 4.11. The molecule has 1 aromatic heterocycles. The van der Waals surface area contributed by atoms with E-state index in [2.05, 4.69) is 10.2 Å². The van der Waals surface area contributed by atoms with Crippen LogP contribution in [0, 0.1) is 0 Å². The predicted molar refractivity (Wildman–Crippen MR) is 121 cm³/mol. The lowest BCUT2D eigenvalue weighted by molar-refractivity contribution is 0.0161. The zero-order valence-electron chi connectivity index (χ0n) is 17.5. The molecule has 3 aromatic carbocycles. The smallest absolute Gasteiger partial charge is 0.295 e. The Labute approximate surface area is 189 Å². The van der Waals surface area contributed by atoms with Crippen molar-refractivity contribution >= 4 is 28.4 Å². The number of hydrogen-bond donors (Lipinski definition) is 2. The molecule has 2 amide bonds. The lowest BCUT2D eigenvalue weighted by Gasteiger charge is -2.21. The van der Waals surface area contributed by atoms with E-state index in [4.69, 9.17) is 0 Å². The minimum absolute atomic E-state index is 0.167. The maximum absolute atomic E-state index is 12.7. The normalized spacial score (nSPS) is 15.5. The fraction of sp³-hybridized carbons (Fsp3) is 0.120. The highest BCUT2D eigenvalue weighted by Gasteiger charge is 2.35. The van der Waals surface area contributed by atoms with Crippen LogP contribution in [-0.2, 0) is 6.54 Å². The van der Waals surface area contributed by atoms with Gasteiger partial charge in [-0.1, -0.05) is 54.6 Å². The second-order valence-electron chi connectivity index (χ2n) is 7.67. The topological polar surface area (TPSA) is 107 Å². The minimum atomic E-state index is -1.04. The second kappa shape index (κ2) is 8.33. The molecule has 0 fully saturated rings. The fourth-order valence-electron chi connectivity index (χ4n) is 4.11. The van der Waals surface area contributed by atoms with E-state index in [9.17, 15) is 19.8 Å². The molecule has 0 saturated heterocycles. The first-order valence-electron chi connectivity index (χ1n) is 10.5. The van der Waals surface area contributed by atoms with Crippen molar-refractivity contribution in [2.45, 2.75) is 12.8 Å². The zero-order valence-corrected chi connectivity index (χ0v) is 17.5. The van der Waals surface area contributed by atoms with Crippen molar-refractivity contribution in [1.82, 2.24) is 9.47 Å². The molecule has 5 rings (SSSR count). The van der Waals surface area contributed by atoms with Crippen LogP contribution in [-0.4, -0.2) is 38.0 Å². The van der Waals surface area contributed by atoms with Gasteiger partial charge in [0, 0.05) is 35.2 Å². The third-order valence-electron chi connectivity index (χ3n) is 5.77. The number of carbonyl (C=O) groups is 2. The van der Waals surface area contributed by atoms with Crippen LogP contribution in [0.1, 0.15) is 32.5 Å². The third kappa shape index (κ3) is 3.56. The maximum atomic E-state index is 12.7. The maximum Gasteiger partial charge on any atom is 0.295 e. The van der Waals surface area contributed by atoms with E-state index < -0.39 is 12.1 Å². The van der Waals surface area contributed by atoms with Crippen molar-refractivity contribution in [2.24, 2.45) is 10.2 Å². The lowest BCUT2D eigenvalue weighted by Crippen LogP contribution is -2.31. The Hall–Kier alpha value is -4.30. The first-order valence-corrected chi connectivity index (χ1v) is 10.5. The van der Waals surface area contributed by atoms with Gasteiger partial charge in [0.25, 0.3) is 11.8 Å². The van der Waals surface area contributed by atoms with Gasteiger partial charge in [0.1, 0.15) is 0 Å². The molecule has 2 N–H and O–H groups in total. The van der Waals surface area contributed by atoms with E-state index in [0.29, 0.717) is 27.6 Å². The number of azo groups is 1. The van der Waals surface area contributed by atoms with Crippen molar-refractivity contribution in [2.75, 3.05) is 6.54 Å². The van der Waals surface area contributed by atoms with Crippen LogP contribution in [0.25, 0.3) is 10.9 Å². The molecule has 0 bridgehead atoms. The molecule has 2 heterocycles. The summed E-state index contributed by atoms with van der Waals surface area (Å²) >= 11 is 0. The van der Waals surface area contributed by atoms with Crippen molar-refractivity contribution in [3.05, 3.63) is 95.6 Å². The summed E-state index contributed by atoms with van der Waals surface area (Å²) in [5, 5.41) is 30.0. The Kier molecular flexibility index (Phi) is 5.20. The number of aromatic hydroxyl groups is 1. The van der Waals surface area contributed by atoms with Gasteiger partial charge in [-0.2, -0.15) is 0 Å². The van der Waals surface area contributed by atoms with Gasteiger partial charge in [0.05, 0.1) is 5.52 Å². The van der Waals surface area contributed by atoms with Gasteiger partial charge in [-0.25, -0.2) is 0 Å². The number of nitrogens with zero attached hydrogens (tertiary/aromatic N) is 4. The summed E-state index contributed by atoms with van der Waals surface area (Å²) in [6.07, 6.45) is -1.04. The highest BCUT2D eigenvalue weighted by atomic mass is 16.3. The van der Waals surface area contributed by atoms with E-state index in [0.717, 1.165) is 0 Å². The number of aromatic nitrogens is 1. The number of aliphatic hydroxyl groups excluding tert-OH is 1. The predicted octanol–water partition coefficient (Wildman–Crippen LogP) is 4.42. The molecule has 0 aliphatic carbocycles. The number of hydrogen-bond acceptors (Lipinski definition) is 5. The first kappa shape index (κ1) is 20.6. The Morgan fingerprint density at radius 1 is 0.909 bits per heavy atom. The van der Waals surface area contributed by atoms with Crippen LogP contribution < -0.4 is 0 Å². The van der Waals surface area contributed by atoms with Gasteiger partial charge in [0.15, 0.2) is 11.9 Å². The summed E-state index contributed by atoms with van der Waals surface area (Å²) in [6.45, 7) is 0.381. The van der Waals surface area contributed by atoms with Crippen LogP contribution in [0.4, 0.5) is 5.69 Å². The molecule has 1 aliphatic heterocycles. The van der Waals surface area contributed by atoms with E-state index in [1.54, 1.807) is 71.3 Å². The number of carbonyl (C=O) groups excluding carboxylic acids is 2. The van der Waals surface area contributed by atoms with E-state index in [1.807, 2.05) is 12.1 Å². The molecule has 1 unspecified atom stereocenters. The molecule has 1 atom stereocenters.